The summed E-state index contributed by atoms with van der Waals surface area (Å²) in [6.45, 7) is 2.01. The van der Waals surface area contributed by atoms with Gasteiger partial charge in [0.1, 0.15) is 22.8 Å². The molecule has 0 unspecified atom stereocenters. The third-order valence-corrected chi connectivity index (χ3v) is 2.70. The van der Waals surface area contributed by atoms with Gasteiger partial charge in [0, 0.05) is 5.69 Å². The molecule has 0 saturated heterocycles. The van der Waals surface area contributed by atoms with Crippen LogP contribution < -0.4 is 10.6 Å². The Hall–Kier alpha value is -2.96. The van der Waals surface area contributed by atoms with E-state index in [0.29, 0.717) is 5.76 Å². The van der Waals surface area contributed by atoms with E-state index in [9.17, 15) is 14.7 Å². The Balaban J connectivity index is 1.96. The second-order valence-corrected chi connectivity index (χ2v) is 4.36. The monoisotopic (exact) mass is 290 g/mol. The number of phenols is 1. The Bertz CT molecular complexity index is 678. The number of aromatic hydroxyl groups is 1. The number of aryl methyl sites for hydroxylation is 1. The van der Waals surface area contributed by atoms with E-state index in [1.807, 2.05) is 0 Å². The first kappa shape index (κ1) is 14.4. The Kier molecular flexibility index (Phi) is 4.13. The van der Waals surface area contributed by atoms with Crippen LogP contribution in [-0.2, 0) is 6.54 Å². The van der Waals surface area contributed by atoms with Crippen LogP contribution in [0.15, 0.2) is 34.7 Å². The van der Waals surface area contributed by atoms with Crippen molar-refractivity contribution >= 4 is 17.7 Å². The fraction of sp³-hybridized carbons (Fsp3) is 0.143. The minimum atomic E-state index is -1.28. The van der Waals surface area contributed by atoms with Gasteiger partial charge in [-0.05, 0) is 37.3 Å². The van der Waals surface area contributed by atoms with Crippen LogP contribution in [0.4, 0.5) is 10.5 Å². The van der Waals surface area contributed by atoms with Crippen LogP contribution in [0.3, 0.4) is 0 Å². The van der Waals surface area contributed by atoms with Crippen molar-refractivity contribution in [2.24, 2.45) is 0 Å². The molecule has 1 aromatic carbocycles. The van der Waals surface area contributed by atoms with E-state index < -0.39 is 12.0 Å². The van der Waals surface area contributed by atoms with Crippen LogP contribution in [0.5, 0.6) is 5.75 Å². The number of hydrogen-bond acceptors (Lipinski definition) is 4. The van der Waals surface area contributed by atoms with E-state index in [1.165, 1.54) is 18.2 Å². The molecule has 2 rings (SSSR count). The molecule has 0 fully saturated rings. The number of hydrogen-bond donors (Lipinski definition) is 4. The van der Waals surface area contributed by atoms with Crippen molar-refractivity contribution in [2.45, 2.75) is 13.5 Å². The lowest BCUT2D eigenvalue weighted by Crippen LogP contribution is -2.28. The number of carboxylic acids is 1. The zero-order chi connectivity index (χ0) is 15.4. The SMILES string of the molecule is Cc1ccc(CNC(=O)Nc2ccc(O)c(C(=O)O)c2)o1. The van der Waals surface area contributed by atoms with Crippen LogP contribution in [-0.4, -0.2) is 22.2 Å². The highest BCUT2D eigenvalue weighted by atomic mass is 16.4. The number of benzene rings is 1. The summed E-state index contributed by atoms with van der Waals surface area (Å²) in [5.74, 6) is -0.279. The lowest BCUT2D eigenvalue weighted by Gasteiger charge is -2.08. The second-order valence-electron chi connectivity index (χ2n) is 4.36. The molecule has 0 radical (unpaired) electrons. The summed E-state index contributed by atoms with van der Waals surface area (Å²) in [4.78, 5) is 22.6. The summed E-state index contributed by atoms with van der Waals surface area (Å²) in [5.41, 5.74) is -0.0206. The molecule has 2 amide bonds. The predicted molar refractivity (Wildman–Crippen MR) is 74.4 cm³/mol. The van der Waals surface area contributed by atoms with E-state index in [4.69, 9.17) is 9.52 Å². The van der Waals surface area contributed by atoms with E-state index in [1.54, 1.807) is 19.1 Å². The summed E-state index contributed by atoms with van der Waals surface area (Å²) >= 11 is 0. The van der Waals surface area contributed by atoms with Gasteiger partial charge in [-0.15, -0.1) is 0 Å². The number of anilines is 1. The Morgan fingerprint density at radius 2 is 2.00 bits per heavy atom. The molecule has 0 bridgehead atoms. The van der Waals surface area contributed by atoms with Gasteiger partial charge >= 0.3 is 12.0 Å². The normalized spacial score (nSPS) is 10.1. The molecular weight excluding hydrogens is 276 g/mol. The Morgan fingerprint density at radius 1 is 1.24 bits per heavy atom. The van der Waals surface area contributed by atoms with E-state index >= 15 is 0 Å². The van der Waals surface area contributed by atoms with Crippen LogP contribution in [0, 0.1) is 6.92 Å². The molecule has 0 saturated carbocycles. The first-order valence-electron chi connectivity index (χ1n) is 6.12. The highest BCUT2D eigenvalue weighted by Gasteiger charge is 2.11. The third-order valence-electron chi connectivity index (χ3n) is 2.70. The summed E-state index contributed by atoms with van der Waals surface area (Å²) < 4.78 is 5.30. The number of carbonyl (C=O) groups excluding carboxylic acids is 1. The fourth-order valence-electron chi connectivity index (χ4n) is 1.71. The molecule has 7 nitrogen and oxygen atoms in total. The van der Waals surface area contributed by atoms with Crippen LogP contribution in [0.2, 0.25) is 0 Å². The first-order chi connectivity index (χ1) is 9.95. The molecular formula is C14H14N2O5. The van der Waals surface area contributed by atoms with Gasteiger partial charge in [0.05, 0.1) is 6.54 Å². The molecule has 4 N–H and O–H groups in total. The lowest BCUT2D eigenvalue weighted by molar-refractivity contribution is 0.0693. The van der Waals surface area contributed by atoms with Gasteiger partial charge < -0.3 is 25.3 Å². The predicted octanol–water partition coefficient (Wildman–Crippen LogP) is 2.31. The van der Waals surface area contributed by atoms with E-state index in [0.717, 1.165) is 5.76 Å². The molecule has 0 aliphatic heterocycles. The summed E-state index contributed by atoms with van der Waals surface area (Å²) in [7, 11) is 0. The molecule has 0 atom stereocenters. The number of amides is 2. The standard InChI is InChI=1S/C14H14N2O5/c1-8-2-4-10(21-8)7-15-14(20)16-9-3-5-12(17)11(6-9)13(18)19/h2-6,17H,7H2,1H3,(H,18,19)(H2,15,16,20). The van der Waals surface area contributed by atoms with Crippen molar-refractivity contribution < 1.29 is 24.2 Å². The van der Waals surface area contributed by atoms with Crippen molar-refractivity contribution in [3.05, 3.63) is 47.4 Å². The quantitative estimate of drug-likeness (QED) is 0.645. The number of carbonyl (C=O) groups is 2. The topological polar surface area (TPSA) is 112 Å². The van der Waals surface area contributed by atoms with Crippen LogP contribution >= 0.6 is 0 Å². The van der Waals surface area contributed by atoms with Gasteiger partial charge in [0.25, 0.3) is 0 Å². The highest BCUT2D eigenvalue weighted by Crippen LogP contribution is 2.21. The Morgan fingerprint density at radius 3 is 2.62 bits per heavy atom. The zero-order valence-electron chi connectivity index (χ0n) is 11.2. The minimum absolute atomic E-state index is 0.212. The first-order valence-corrected chi connectivity index (χ1v) is 6.12. The largest absolute Gasteiger partial charge is 0.507 e. The van der Waals surface area contributed by atoms with Gasteiger partial charge in [0.2, 0.25) is 0 Å². The van der Waals surface area contributed by atoms with Gasteiger partial charge in [-0.1, -0.05) is 0 Å². The second kappa shape index (κ2) is 6.00. The van der Waals surface area contributed by atoms with Gasteiger partial charge in [-0.3, -0.25) is 0 Å². The third kappa shape index (κ3) is 3.75. The molecule has 1 aromatic heterocycles. The summed E-state index contributed by atoms with van der Waals surface area (Å²) in [6, 6.07) is 6.81. The van der Waals surface area contributed by atoms with Crippen molar-refractivity contribution in [1.29, 1.82) is 0 Å². The average Bonchev–Trinajstić information content (AvgIpc) is 2.84. The number of carboxylic acid groups (broad SMARTS) is 1. The van der Waals surface area contributed by atoms with Crippen LogP contribution in [0.25, 0.3) is 0 Å². The maximum Gasteiger partial charge on any atom is 0.339 e. The number of rotatable bonds is 4. The summed E-state index contributed by atoms with van der Waals surface area (Å²) in [6.07, 6.45) is 0. The van der Waals surface area contributed by atoms with Gasteiger partial charge in [-0.25, -0.2) is 9.59 Å². The van der Waals surface area contributed by atoms with Crippen molar-refractivity contribution in [3.8, 4) is 5.75 Å². The van der Waals surface area contributed by atoms with Crippen molar-refractivity contribution in [1.82, 2.24) is 5.32 Å². The number of urea groups is 1. The molecule has 0 aliphatic carbocycles. The molecule has 2 aromatic rings. The van der Waals surface area contributed by atoms with Crippen molar-refractivity contribution in [2.75, 3.05) is 5.32 Å². The molecule has 0 aliphatic rings. The molecule has 0 spiro atoms. The maximum absolute atomic E-state index is 11.7. The number of nitrogens with one attached hydrogen (secondary N) is 2. The van der Waals surface area contributed by atoms with Crippen molar-refractivity contribution in [3.63, 3.8) is 0 Å². The minimum Gasteiger partial charge on any atom is -0.507 e. The Labute approximate surface area is 120 Å². The fourth-order valence-corrected chi connectivity index (χ4v) is 1.71. The number of aromatic carboxylic acids is 1. The lowest BCUT2D eigenvalue weighted by atomic mass is 10.2. The number of furan rings is 1. The smallest absolute Gasteiger partial charge is 0.339 e. The van der Waals surface area contributed by atoms with Crippen LogP contribution in [0.1, 0.15) is 21.9 Å². The molecule has 21 heavy (non-hydrogen) atoms. The molecule has 7 heteroatoms. The van der Waals surface area contributed by atoms with Gasteiger partial charge in [-0.2, -0.15) is 0 Å². The summed E-state index contributed by atoms with van der Waals surface area (Å²) in [5, 5.41) is 23.3. The average molecular weight is 290 g/mol. The highest BCUT2D eigenvalue weighted by molar-refractivity contribution is 5.95. The maximum atomic E-state index is 11.7. The molecule has 110 valence electrons. The van der Waals surface area contributed by atoms with Gasteiger partial charge in [0.15, 0.2) is 0 Å². The molecule has 1 heterocycles. The zero-order valence-corrected chi connectivity index (χ0v) is 11.2. The van der Waals surface area contributed by atoms with E-state index in [2.05, 4.69) is 10.6 Å². The van der Waals surface area contributed by atoms with E-state index in [-0.39, 0.29) is 23.5 Å².